The Morgan fingerprint density at radius 1 is 1.07 bits per heavy atom. The van der Waals surface area contributed by atoms with Crippen molar-refractivity contribution in [3.8, 4) is 16.5 Å². The molecule has 1 N–H and O–H groups in total. The smallest absolute Gasteiger partial charge is 0.416 e. The Morgan fingerprint density at radius 3 is 2.54 bits per heavy atom. The minimum Gasteiger partial charge on any atom is -0.475 e. The van der Waals surface area contributed by atoms with E-state index in [4.69, 9.17) is 4.74 Å². The molecule has 0 saturated heterocycles. The van der Waals surface area contributed by atoms with Gasteiger partial charge in [-0.3, -0.25) is 0 Å². The molecule has 0 aliphatic heterocycles. The monoisotopic (exact) mass is 429 g/mol. The number of sulfonamides is 1. The second-order valence-electron chi connectivity index (χ2n) is 5.51. The normalized spacial score (nSPS) is 12.1. The number of ether oxygens (including phenoxy) is 1. The summed E-state index contributed by atoms with van der Waals surface area (Å²) in [7, 11) is -4.10. The number of benzene rings is 1. The van der Waals surface area contributed by atoms with Crippen molar-refractivity contribution in [3.63, 3.8) is 0 Å². The second kappa shape index (κ2) is 8.25. The predicted molar refractivity (Wildman–Crippen MR) is 97.5 cm³/mol. The molecule has 148 valence electrons. The minimum absolute atomic E-state index is 0.0643. The van der Waals surface area contributed by atoms with Crippen LogP contribution in [0.3, 0.4) is 0 Å². The van der Waals surface area contributed by atoms with Gasteiger partial charge < -0.3 is 4.74 Å². The van der Waals surface area contributed by atoms with E-state index >= 15 is 0 Å². The predicted octanol–water partition coefficient (Wildman–Crippen LogP) is 3.58. The highest BCUT2D eigenvalue weighted by Gasteiger charge is 2.31. The summed E-state index contributed by atoms with van der Waals surface area (Å²) >= 11 is 1.52. The lowest BCUT2D eigenvalue weighted by Gasteiger charge is -2.10. The molecule has 0 atom stereocenters. The van der Waals surface area contributed by atoms with E-state index in [0.29, 0.717) is 11.8 Å². The Bertz CT molecular complexity index is 1020. The number of alkyl halides is 3. The molecule has 0 amide bonds. The zero-order chi connectivity index (χ0) is 20.2. The Morgan fingerprint density at radius 2 is 1.89 bits per heavy atom. The number of hydrogen-bond donors (Lipinski definition) is 1. The third kappa shape index (κ3) is 5.06. The van der Waals surface area contributed by atoms with E-state index in [1.165, 1.54) is 11.3 Å². The van der Waals surface area contributed by atoms with Crippen LogP contribution in [0.1, 0.15) is 5.56 Å². The molecule has 0 fully saturated rings. The van der Waals surface area contributed by atoms with Gasteiger partial charge in [0.1, 0.15) is 12.3 Å². The number of rotatable bonds is 7. The Balaban J connectivity index is 1.54. The average molecular weight is 429 g/mol. The van der Waals surface area contributed by atoms with Gasteiger partial charge in [0.15, 0.2) is 0 Å². The summed E-state index contributed by atoms with van der Waals surface area (Å²) in [6.07, 6.45) is -4.62. The lowest BCUT2D eigenvalue weighted by atomic mass is 10.2. The summed E-state index contributed by atoms with van der Waals surface area (Å²) in [5.74, 6) is 0.207. The van der Waals surface area contributed by atoms with E-state index in [-0.39, 0.29) is 19.0 Å². The molecular formula is C17H14F3N3O3S2. The van der Waals surface area contributed by atoms with Crippen molar-refractivity contribution >= 4 is 21.4 Å². The van der Waals surface area contributed by atoms with Gasteiger partial charge in [-0.2, -0.15) is 13.2 Å². The molecule has 0 saturated carbocycles. The van der Waals surface area contributed by atoms with Crippen LogP contribution in [0.25, 0.3) is 10.6 Å². The molecule has 2 aromatic heterocycles. The topological polar surface area (TPSA) is 81.2 Å². The number of nitrogens with zero attached hydrogens (tertiary/aromatic N) is 2. The largest absolute Gasteiger partial charge is 0.475 e. The summed E-state index contributed by atoms with van der Waals surface area (Å²) in [5.41, 5.74) is -0.347. The molecule has 28 heavy (non-hydrogen) atoms. The van der Waals surface area contributed by atoms with Crippen molar-refractivity contribution in [2.75, 3.05) is 13.2 Å². The van der Waals surface area contributed by atoms with Crippen LogP contribution in [0.5, 0.6) is 5.88 Å². The fourth-order valence-electron chi connectivity index (χ4n) is 2.21. The zero-order valence-corrected chi connectivity index (χ0v) is 15.8. The maximum atomic E-state index is 12.7. The highest BCUT2D eigenvalue weighted by molar-refractivity contribution is 7.89. The van der Waals surface area contributed by atoms with E-state index in [2.05, 4.69) is 14.9 Å². The first-order valence-electron chi connectivity index (χ1n) is 7.93. The summed E-state index contributed by atoms with van der Waals surface area (Å²) in [5, 5.41) is 9.83. The molecule has 3 aromatic rings. The van der Waals surface area contributed by atoms with Gasteiger partial charge in [0.2, 0.25) is 15.9 Å². The highest BCUT2D eigenvalue weighted by Crippen LogP contribution is 2.30. The zero-order valence-electron chi connectivity index (χ0n) is 14.2. The lowest BCUT2D eigenvalue weighted by molar-refractivity contribution is -0.137. The van der Waals surface area contributed by atoms with Crippen LogP contribution in [-0.2, 0) is 16.2 Å². The van der Waals surface area contributed by atoms with Crippen molar-refractivity contribution in [2.45, 2.75) is 11.1 Å². The molecule has 0 aliphatic rings. The fourth-order valence-corrected chi connectivity index (χ4v) is 3.96. The number of hydrogen-bond acceptors (Lipinski definition) is 6. The maximum absolute atomic E-state index is 12.7. The second-order valence-corrected chi connectivity index (χ2v) is 8.22. The first-order chi connectivity index (χ1) is 13.3. The molecule has 0 radical (unpaired) electrons. The van der Waals surface area contributed by atoms with E-state index in [9.17, 15) is 21.6 Å². The van der Waals surface area contributed by atoms with E-state index < -0.39 is 26.7 Å². The van der Waals surface area contributed by atoms with Gasteiger partial charge in [-0.15, -0.1) is 21.5 Å². The molecule has 2 heterocycles. The van der Waals surface area contributed by atoms with Crippen LogP contribution in [0, 0.1) is 0 Å². The van der Waals surface area contributed by atoms with Gasteiger partial charge in [0.05, 0.1) is 15.3 Å². The number of thiophene rings is 1. The van der Waals surface area contributed by atoms with Crippen LogP contribution in [-0.4, -0.2) is 31.8 Å². The summed E-state index contributed by atoms with van der Waals surface area (Å²) in [6.45, 7) is -0.210. The van der Waals surface area contributed by atoms with Gasteiger partial charge in [0, 0.05) is 12.6 Å². The summed E-state index contributed by atoms with van der Waals surface area (Å²) in [6, 6.07) is 10.6. The van der Waals surface area contributed by atoms with Gasteiger partial charge in [0.25, 0.3) is 0 Å². The van der Waals surface area contributed by atoms with Crippen LogP contribution in [0.2, 0.25) is 0 Å². The van der Waals surface area contributed by atoms with Crippen molar-refractivity contribution in [2.24, 2.45) is 0 Å². The lowest BCUT2D eigenvalue weighted by Crippen LogP contribution is -2.28. The van der Waals surface area contributed by atoms with Gasteiger partial charge in [-0.05, 0) is 35.7 Å². The molecule has 6 nitrogen and oxygen atoms in total. The highest BCUT2D eigenvalue weighted by atomic mass is 32.2. The van der Waals surface area contributed by atoms with E-state index in [0.717, 1.165) is 23.1 Å². The number of nitrogens with one attached hydrogen (secondary N) is 1. The molecule has 0 bridgehead atoms. The molecule has 0 unspecified atom stereocenters. The SMILES string of the molecule is O=S(=O)(NCCOc1ccc(-c2cccs2)nn1)c1cccc(C(F)(F)F)c1. The van der Waals surface area contributed by atoms with E-state index in [1.54, 1.807) is 12.1 Å². The first-order valence-corrected chi connectivity index (χ1v) is 10.3. The fraction of sp³-hybridized carbons (Fsp3) is 0.176. The summed E-state index contributed by atoms with van der Waals surface area (Å²) in [4.78, 5) is 0.482. The maximum Gasteiger partial charge on any atom is 0.416 e. The molecule has 11 heteroatoms. The van der Waals surface area contributed by atoms with Gasteiger partial charge in [-0.1, -0.05) is 12.1 Å². The van der Waals surface area contributed by atoms with Crippen LogP contribution in [0.15, 0.2) is 58.8 Å². The molecule has 0 spiro atoms. The molecule has 3 rings (SSSR count). The quantitative estimate of drug-likeness (QED) is 0.581. The molecule has 0 aliphatic carbocycles. The third-order valence-corrected chi connectivity index (χ3v) is 5.88. The summed E-state index contributed by atoms with van der Waals surface area (Å²) < 4.78 is 69.9. The van der Waals surface area contributed by atoms with Crippen molar-refractivity contribution < 1.29 is 26.3 Å². The van der Waals surface area contributed by atoms with Gasteiger partial charge in [-0.25, -0.2) is 13.1 Å². The van der Waals surface area contributed by atoms with Crippen LogP contribution in [0.4, 0.5) is 13.2 Å². The Hall–Kier alpha value is -2.50. The molecular weight excluding hydrogens is 415 g/mol. The van der Waals surface area contributed by atoms with Crippen molar-refractivity contribution in [1.82, 2.24) is 14.9 Å². The van der Waals surface area contributed by atoms with Crippen LogP contribution < -0.4 is 9.46 Å². The van der Waals surface area contributed by atoms with Gasteiger partial charge >= 0.3 is 6.18 Å². The Labute approximate surface area is 163 Å². The standard InChI is InChI=1S/C17H14F3N3O3S2/c18-17(19,20)12-3-1-4-13(11-12)28(24,25)21-8-9-26-16-7-6-14(22-23-16)15-5-2-10-27-15/h1-7,10-11,21H,8-9H2. The third-order valence-electron chi connectivity index (χ3n) is 3.53. The first kappa shape index (κ1) is 20.2. The minimum atomic E-state index is -4.62. The van der Waals surface area contributed by atoms with Crippen LogP contribution >= 0.6 is 11.3 Å². The molecule has 1 aromatic carbocycles. The average Bonchev–Trinajstić information content (AvgIpc) is 3.20. The van der Waals surface area contributed by atoms with Crippen molar-refractivity contribution in [1.29, 1.82) is 0 Å². The van der Waals surface area contributed by atoms with Crippen molar-refractivity contribution in [3.05, 3.63) is 59.5 Å². The Kier molecular flexibility index (Phi) is 5.96. The van der Waals surface area contributed by atoms with E-state index in [1.807, 2.05) is 17.5 Å². The number of halogens is 3. The number of aromatic nitrogens is 2.